The van der Waals surface area contributed by atoms with Crippen LogP contribution < -0.4 is 10.5 Å². The molecule has 1 aliphatic rings. The van der Waals surface area contributed by atoms with Crippen molar-refractivity contribution in [2.24, 2.45) is 5.73 Å². The molecule has 0 aliphatic carbocycles. The summed E-state index contributed by atoms with van der Waals surface area (Å²) in [5.74, 6) is -0.0574. The Morgan fingerprint density at radius 1 is 1.58 bits per heavy atom. The molecule has 1 heterocycles. The largest absolute Gasteiger partial charge is 0.488 e. The van der Waals surface area contributed by atoms with Gasteiger partial charge < -0.3 is 10.5 Å². The first-order chi connectivity index (χ1) is 5.70. The lowest BCUT2D eigenvalue weighted by atomic mass is 10.1. The summed E-state index contributed by atoms with van der Waals surface area (Å²) in [5, 5.41) is 0. The molecule has 0 saturated heterocycles. The van der Waals surface area contributed by atoms with Gasteiger partial charge in [-0.25, -0.2) is 4.39 Å². The van der Waals surface area contributed by atoms with Crippen LogP contribution in [0.5, 0.6) is 5.75 Å². The molecule has 0 unspecified atom stereocenters. The van der Waals surface area contributed by atoms with E-state index >= 15 is 0 Å². The Morgan fingerprint density at radius 2 is 2.33 bits per heavy atom. The summed E-state index contributed by atoms with van der Waals surface area (Å²) in [6.45, 7) is 0.356. The third-order valence-corrected chi connectivity index (χ3v) is 2.56. The molecule has 0 bridgehead atoms. The van der Waals surface area contributed by atoms with Gasteiger partial charge >= 0.3 is 0 Å². The molecule has 0 aromatic heterocycles. The lowest BCUT2D eigenvalue weighted by molar-refractivity contribution is 0.319. The Morgan fingerprint density at radius 3 is 3.00 bits per heavy atom. The van der Waals surface area contributed by atoms with Crippen LogP contribution in [0.25, 0.3) is 0 Å². The first-order valence-corrected chi connectivity index (χ1v) is 4.35. The van der Waals surface area contributed by atoms with Crippen molar-refractivity contribution in [1.29, 1.82) is 0 Å². The number of rotatable bonds is 0. The molecule has 1 aliphatic heterocycles. The average Bonchev–Trinajstić information content (AvgIpc) is 2.42. The molecule has 2 nitrogen and oxygen atoms in total. The van der Waals surface area contributed by atoms with Crippen LogP contribution in [-0.4, -0.2) is 6.61 Å². The molecule has 2 N–H and O–H groups in total. The Labute approximate surface area is 77.6 Å². The molecule has 2 rings (SSSR count). The van der Waals surface area contributed by atoms with Gasteiger partial charge in [0.05, 0.1) is 6.04 Å². The SMILES string of the molecule is N[C@@H]1COc2c(F)ccc(Br)c21. The van der Waals surface area contributed by atoms with Crippen molar-refractivity contribution in [1.82, 2.24) is 0 Å². The van der Waals surface area contributed by atoms with E-state index in [2.05, 4.69) is 15.9 Å². The van der Waals surface area contributed by atoms with Crippen LogP contribution in [0.3, 0.4) is 0 Å². The first-order valence-electron chi connectivity index (χ1n) is 3.56. The summed E-state index contributed by atoms with van der Waals surface area (Å²) in [6, 6.07) is 2.79. The van der Waals surface area contributed by atoms with Gasteiger partial charge in [0.15, 0.2) is 11.6 Å². The van der Waals surface area contributed by atoms with E-state index in [1.54, 1.807) is 6.07 Å². The van der Waals surface area contributed by atoms with Crippen LogP contribution >= 0.6 is 15.9 Å². The van der Waals surface area contributed by atoms with Crippen molar-refractivity contribution in [3.05, 3.63) is 28.0 Å². The van der Waals surface area contributed by atoms with E-state index in [1.807, 2.05) is 0 Å². The zero-order valence-electron chi connectivity index (χ0n) is 6.18. The zero-order chi connectivity index (χ0) is 8.72. The van der Waals surface area contributed by atoms with E-state index in [0.717, 1.165) is 10.0 Å². The second kappa shape index (κ2) is 2.71. The smallest absolute Gasteiger partial charge is 0.165 e. The zero-order valence-corrected chi connectivity index (χ0v) is 7.77. The van der Waals surface area contributed by atoms with E-state index < -0.39 is 0 Å². The van der Waals surface area contributed by atoms with Gasteiger partial charge in [-0.2, -0.15) is 0 Å². The third-order valence-electron chi connectivity index (χ3n) is 1.87. The topological polar surface area (TPSA) is 35.2 Å². The molecule has 1 atom stereocenters. The highest BCUT2D eigenvalue weighted by Gasteiger charge is 2.26. The maximum absolute atomic E-state index is 13.0. The van der Waals surface area contributed by atoms with Crippen LogP contribution in [-0.2, 0) is 0 Å². The Bertz CT molecular complexity index is 329. The maximum atomic E-state index is 13.0. The fourth-order valence-corrected chi connectivity index (χ4v) is 1.90. The molecular weight excluding hydrogens is 225 g/mol. The maximum Gasteiger partial charge on any atom is 0.165 e. The van der Waals surface area contributed by atoms with Gasteiger partial charge in [-0.3, -0.25) is 0 Å². The number of benzene rings is 1. The van der Waals surface area contributed by atoms with Crippen molar-refractivity contribution < 1.29 is 9.13 Å². The molecule has 0 radical (unpaired) electrons. The highest BCUT2D eigenvalue weighted by molar-refractivity contribution is 9.10. The van der Waals surface area contributed by atoms with E-state index in [1.165, 1.54) is 6.07 Å². The van der Waals surface area contributed by atoms with Crippen LogP contribution in [0.2, 0.25) is 0 Å². The number of halogens is 2. The fraction of sp³-hybridized carbons (Fsp3) is 0.250. The lowest BCUT2D eigenvalue weighted by Crippen LogP contribution is -2.11. The highest BCUT2D eigenvalue weighted by atomic mass is 79.9. The van der Waals surface area contributed by atoms with Crippen molar-refractivity contribution >= 4 is 15.9 Å². The minimum atomic E-state index is -0.346. The third kappa shape index (κ3) is 1.03. The molecule has 4 heteroatoms. The van der Waals surface area contributed by atoms with E-state index in [4.69, 9.17) is 10.5 Å². The van der Waals surface area contributed by atoms with Crippen LogP contribution in [0.1, 0.15) is 11.6 Å². The summed E-state index contributed by atoms with van der Waals surface area (Å²) in [7, 11) is 0. The summed E-state index contributed by atoms with van der Waals surface area (Å²) in [4.78, 5) is 0. The minimum Gasteiger partial charge on any atom is -0.488 e. The van der Waals surface area contributed by atoms with Crippen molar-refractivity contribution in [2.75, 3.05) is 6.61 Å². The molecule has 0 spiro atoms. The predicted molar refractivity (Wildman–Crippen MR) is 46.5 cm³/mol. The summed E-state index contributed by atoms with van der Waals surface area (Å²) in [6.07, 6.45) is 0. The molecule has 0 saturated carbocycles. The minimum absolute atomic E-state index is 0.218. The molecule has 64 valence electrons. The van der Waals surface area contributed by atoms with Crippen LogP contribution in [0.4, 0.5) is 4.39 Å². The van der Waals surface area contributed by atoms with Gasteiger partial charge in [0.2, 0.25) is 0 Å². The van der Waals surface area contributed by atoms with Gasteiger partial charge in [0, 0.05) is 10.0 Å². The van der Waals surface area contributed by atoms with Gasteiger partial charge in [0.25, 0.3) is 0 Å². The standard InChI is InChI=1S/C8H7BrFNO/c9-4-1-2-5(10)8-7(4)6(11)3-12-8/h1-2,6H,3,11H2/t6-/m1/s1. The lowest BCUT2D eigenvalue weighted by Gasteiger charge is -2.03. The van der Waals surface area contributed by atoms with Crippen molar-refractivity contribution in [2.45, 2.75) is 6.04 Å². The Balaban J connectivity index is 2.64. The molecule has 1 aromatic carbocycles. The Hall–Kier alpha value is -0.610. The van der Waals surface area contributed by atoms with Gasteiger partial charge in [-0.1, -0.05) is 15.9 Å². The number of hydrogen-bond acceptors (Lipinski definition) is 2. The molecule has 0 fully saturated rings. The number of hydrogen-bond donors (Lipinski definition) is 1. The quantitative estimate of drug-likeness (QED) is 0.742. The van der Waals surface area contributed by atoms with Gasteiger partial charge in [0.1, 0.15) is 6.61 Å². The van der Waals surface area contributed by atoms with Crippen LogP contribution in [0, 0.1) is 5.82 Å². The summed E-state index contributed by atoms with van der Waals surface area (Å²) < 4.78 is 18.9. The van der Waals surface area contributed by atoms with Gasteiger partial charge in [-0.15, -0.1) is 0 Å². The predicted octanol–water partition coefficient (Wildman–Crippen LogP) is 1.98. The molecule has 0 amide bonds. The van der Waals surface area contributed by atoms with Crippen LogP contribution in [0.15, 0.2) is 16.6 Å². The highest BCUT2D eigenvalue weighted by Crippen LogP contribution is 2.38. The number of nitrogens with two attached hydrogens (primary N) is 1. The number of ether oxygens (including phenoxy) is 1. The van der Waals surface area contributed by atoms with E-state index in [-0.39, 0.29) is 17.6 Å². The van der Waals surface area contributed by atoms with Gasteiger partial charge in [-0.05, 0) is 12.1 Å². The van der Waals surface area contributed by atoms with Crippen molar-refractivity contribution in [3.63, 3.8) is 0 Å². The second-order valence-corrected chi connectivity index (χ2v) is 3.54. The summed E-state index contributed by atoms with van der Waals surface area (Å²) in [5.41, 5.74) is 6.43. The summed E-state index contributed by atoms with van der Waals surface area (Å²) >= 11 is 3.30. The molecule has 12 heavy (non-hydrogen) atoms. The molecular formula is C8H7BrFNO. The average molecular weight is 232 g/mol. The van der Waals surface area contributed by atoms with Crippen molar-refractivity contribution in [3.8, 4) is 5.75 Å². The van der Waals surface area contributed by atoms with E-state index in [0.29, 0.717) is 6.61 Å². The molecule has 1 aromatic rings. The normalized spacial score (nSPS) is 20.4. The second-order valence-electron chi connectivity index (χ2n) is 2.69. The first kappa shape index (κ1) is 8.01. The van der Waals surface area contributed by atoms with E-state index in [9.17, 15) is 4.39 Å². The Kier molecular flexibility index (Phi) is 1.81. The monoisotopic (exact) mass is 231 g/mol. The fourth-order valence-electron chi connectivity index (χ4n) is 1.30. The number of fused-ring (bicyclic) bond motifs is 1.